The predicted molar refractivity (Wildman–Crippen MR) is 71.8 cm³/mol. The SMILES string of the molecule is CCOC(=O)N1CCN(C(=O)CC2CCCC2)CC1. The Kier molecular flexibility index (Phi) is 5.05. The Labute approximate surface area is 114 Å². The largest absolute Gasteiger partial charge is 0.450 e. The number of nitrogens with zero attached hydrogens (tertiary/aromatic N) is 2. The zero-order chi connectivity index (χ0) is 13.7. The lowest BCUT2D eigenvalue weighted by molar-refractivity contribution is -0.133. The van der Waals surface area contributed by atoms with Gasteiger partial charge in [0.1, 0.15) is 0 Å². The van der Waals surface area contributed by atoms with E-state index in [0.29, 0.717) is 45.1 Å². The van der Waals surface area contributed by atoms with Gasteiger partial charge in [-0.1, -0.05) is 12.8 Å². The summed E-state index contributed by atoms with van der Waals surface area (Å²) in [6.07, 6.45) is 5.39. The highest BCUT2D eigenvalue weighted by Gasteiger charge is 2.27. The zero-order valence-electron chi connectivity index (χ0n) is 11.8. The van der Waals surface area contributed by atoms with Crippen molar-refractivity contribution in [2.45, 2.75) is 39.0 Å². The van der Waals surface area contributed by atoms with E-state index in [1.807, 2.05) is 4.90 Å². The quantitative estimate of drug-likeness (QED) is 0.785. The molecule has 1 aliphatic heterocycles. The van der Waals surface area contributed by atoms with E-state index < -0.39 is 0 Å². The third-order valence-electron chi connectivity index (χ3n) is 4.10. The molecule has 0 spiro atoms. The van der Waals surface area contributed by atoms with Gasteiger partial charge in [-0.2, -0.15) is 0 Å². The van der Waals surface area contributed by atoms with Gasteiger partial charge >= 0.3 is 6.09 Å². The van der Waals surface area contributed by atoms with Crippen LogP contribution in [0.1, 0.15) is 39.0 Å². The average molecular weight is 268 g/mol. The van der Waals surface area contributed by atoms with Gasteiger partial charge in [0.05, 0.1) is 6.61 Å². The molecule has 0 aromatic rings. The standard InChI is InChI=1S/C14H24N2O3/c1-2-19-14(18)16-9-7-15(8-10-16)13(17)11-12-5-3-4-6-12/h12H,2-11H2,1H3. The van der Waals surface area contributed by atoms with Crippen molar-refractivity contribution in [3.63, 3.8) is 0 Å². The molecule has 1 saturated carbocycles. The lowest BCUT2D eigenvalue weighted by atomic mass is 10.0. The monoisotopic (exact) mass is 268 g/mol. The van der Waals surface area contributed by atoms with Gasteiger partial charge < -0.3 is 14.5 Å². The summed E-state index contributed by atoms with van der Waals surface area (Å²) in [6.45, 7) is 4.68. The lowest BCUT2D eigenvalue weighted by Gasteiger charge is -2.34. The van der Waals surface area contributed by atoms with Crippen LogP contribution in [0.3, 0.4) is 0 Å². The van der Waals surface area contributed by atoms with Crippen LogP contribution in [0.15, 0.2) is 0 Å². The van der Waals surface area contributed by atoms with Crippen LogP contribution in [0, 0.1) is 5.92 Å². The molecule has 0 atom stereocenters. The molecule has 0 aromatic carbocycles. The topological polar surface area (TPSA) is 49.9 Å². The highest BCUT2D eigenvalue weighted by molar-refractivity contribution is 5.77. The molecule has 5 nitrogen and oxygen atoms in total. The molecule has 0 N–H and O–H groups in total. The van der Waals surface area contributed by atoms with Gasteiger partial charge in [-0.25, -0.2) is 4.79 Å². The normalized spacial score (nSPS) is 20.7. The summed E-state index contributed by atoms with van der Waals surface area (Å²) < 4.78 is 4.97. The number of amides is 2. The summed E-state index contributed by atoms with van der Waals surface area (Å²) in [7, 11) is 0. The minimum atomic E-state index is -0.259. The lowest BCUT2D eigenvalue weighted by Crippen LogP contribution is -2.50. The second-order valence-electron chi connectivity index (χ2n) is 5.42. The number of piperazine rings is 1. The van der Waals surface area contributed by atoms with Crippen LogP contribution in [-0.2, 0) is 9.53 Å². The van der Waals surface area contributed by atoms with Crippen molar-refractivity contribution in [1.29, 1.82) is 0 Å². The Hall–Kier alpha value is -1.26. The molecule has 1 heterocycles. The van der Waals surface area contributed by atoms with Gasteiger partial charge in [0.2, 0.25) is 5.91 Å². The molecule has 2 fully saturated rings. The first-order chi connectivity index (χ1) is 9.20. The molecular formula is C14H24N2O3. The van der Waals surface area contributed by atoms with E-state index in [-0.39, 0.29) is 12.0 Å². The third kappa shape index (κ3) is 3.85. The summed E-state index contributed by atoms with van der Waals surface area (Å²) in [5.74, 6) is 0.853. The Bertz CT molecular complexity index is 319. The molecule has 1 saturated heterocycles. The highest BCUT2D eigenvalue weighted by atomic mass is 16.6. The number of carbonyl (C=O) groups is 2. The van der Waals surface area contributed by atoms with Gasteiger partial charge in [-0.3, -0.25) is 4.79 Å². The summed E-state index contributed by atoms with van der Waals surface area (Å²) in [4.78, 5) is 27.3. The van der Waals surface area contributed by atoms with E-state index in [9.17, 15) is 9.59 Å². The van der Waals surface area contributed by atoms with Crippen LogP contribution < -0.4 is 0 Å². The Balaban J connectivity index is 1.72. The molecule has 2 aliphatic rings. The summed E-state index contributed by atoms with van der Waals surface area (Å²) in [5, 5.41) is 0. The molecule has 0 radical (unpaired) electrons. The number of ether oxygens (including phenoxy) is 1. The smallest absolute Gasteiger partial charge is 0.409 e. The van der Waals surface area contributed by atoms with Gasteiger partial charge in [0.25, 0.3) is 0 Å². The molecule has 0 bridgehead atoms. The van der Waals surface area contributed by atoms with Crippen LogP contribution in [-0.4, -0.2) is 54.6 Å². The van der Waals surface area contributed by atoms with Crippen molar-refractivity contribution in [2.75, 3.05) is 32.8 Å². The average Bonchev–Trinajstić information content (AvgIpc) is 2.92. The van der Waals surface area contributed by atoms with Crippen LogP contribution in [0.4, 0.5) is 4.79 Å². The van der Waals surface area contributed by atoms with Crippen molar-refractivity contribution in [3.05, 3.63) is 0 Å². The van der Waals surface area contributed by atoms with Crippen molar-refractivity contribution in [2.24, 2.45) is 5.92 Å². The summed E-state index contributed by atoms with van der Waals surface area (Å²) in [5.41, 5.74) is 0. The van der Waals surface area contributed by atoms with Gasteiger partial charge in [-0.05, 0) is 25.7 Å². The molecule has 5 heteroatoms. The summed E-state index contributed by atoms with van der Waals surface area (Å²) in [6, 6.07) is 0. The second kappa shape index (κ2) is 6.78. The van der Waals surface area contributed by atoms with Crippen molar-refractivity contribution in [1.82, 2.24) is 9.80 Å². The molecule has 19 heavy (non-hydrogen) atoms. The van der Waals surface area contributed by atoms with E-state index in [1.54, 1.807) is 11.8 Å². The zero-order valence-corrected chi connectivity index (χ0v) is 11.8. The number of carbonyl (C=O) groups excluding carboxylic acids is 2. The molecule has 0 aromatic heterocycles. The van der Waals surface area contributed by atoms with Crippen LogP contribution in [0.2, 0.25) is 0 Å². The van der Waals surface area contributed by atoms with Gasteiger partial charge in [0.15, 0.2) is 0 Å². The van der Waals surface area contributed by atoms with E-state index in [1.165, 1.54) is 25.7 Å². The van der Waals surface area contributed by atoms with Crippen molar-refractivity contribution >= 4 is 12.0 Å². The van der Waals surface area contributed by atoms with Crippen molar-refractivity contribution < 1.29 is 14.3 Å². The minimum Gasteiger partial charge on any atom is -0.450 e. The first-order valence-corrected chi connectivity index (χ1v) is 7.40. The van der Waals surface area contributed by atoms with E-state index in [0.717, 1.165) is 0 Å². The second-order valence-corrected chi connectivity index (χ2v) is 5.42. The third-order valence-corrected chi connectivity index (χ3v) is 4.10. The first kappa shape index (κ1) is 14.2. The maximum atomic E-state index is 12.1. The van der Waals surface area contributed by atoms with E-state index in [2.05, 4.69) is 0 Å². The van der Waals surface area contributed by atoms with Gasteiger partial charge in [0, 0.05) is 32.6 Å². The first-order valence-electron chi connectivity index (χ1n) is 7.40. The van der Waals surface area contributed by atoms with Gasteiger partial charge in [-0.15, -0.1) is 0 Å². The number of hydrogen-bond acceptors (Lipinski definition) is 3. The fraction of sp³-hybridized carbons (Fsp3) is 0.857. The fourth-order valence-corrected chi connectivity index (χ4v) is 2.94. The van der Waals surface area contributed by atoms with Crippen LogP contribution >= 0.6 is 0 Å². The Morgan fingerprint density at radius 1 is 1.05 bits per heavy atom. The molecular weight excluding hydrogens is 244 g/mol. The number of hydrogen-bond donors (Lipinski definition) is 0. The Morgan fingerprint density at radius 3 is 2.21 bits per heavy atom. The van der Waals surface area contributed by atoms with Crippen LogP contribution in [0.25, 0.3) is 0 Å². The molecule has 1 aliphatic carbocycles. The fourth-order valence-electron chi connectivity index (χ4n) is 2.94. The van der Waals surface area contributed by atoms with Crippen molar-refractivity contribution in [3.8, 4) is 0 Å². The Morgan fingerprint density at radius 2 is 1.63 bits per heavy atom. The minimum absolute atomic E-state index is 0.259. The predicted octanol–water partition coefficient (Wildman–Crippen LogP) is 1.87. The van der Waals surface area contributed by atoms with Crippen LogP contribution in [0.5, 0.6) is 0 Å². The molecule has 0 unspecified atom stereocenters. The molecule has 2 amide bonds. The highest BCUT2D eigenvalue weighted by Crippen LogP contribution is 2.28. The summed E-state index contributed by atoms with van der Waals surface area (Å²) >= 11 is 0. The van der Waals surface area contributed by atoms with E-state index in [4.69, 9.17) is 4.74 Å². The maximum absolute atomic E-state index is 12.1. The number of rotatable bonds is 3. The molecule has 108 valence electrons. The maximum Gasteiger partial charge on any atom is 0.409 e. The van der Waals surface area contributed by atoms with E-state index >= 15 is 0 Å². The molecule has 2 rings (SSSR count).